The Morgan fingerprint density at radius 1 is 1.27 bits per heavy atom. The number of rotatable bonds is 4. The van der Waals surface area contributed by atoms with E-state index in [1.807, 2.05) is 17.5 Å². The second-order valence-electron chi connectivity index (χ2n) is 4.35. The van der Waals surface area contributed by atoms with E-state index in [4.69, 9.17) is 4.74 Å². The van der Waals surface area contributed by atoms with Gasteiger partial charge in [-0.1, -0.05) is 23.4 Å². The molecule has 22 heavy (non-hydrogen) atoms. The molecule has 2 aromatic heterocycles. The molecule has 0 radical (unpaired) electrons. The summed E-state index contributed by atoms with van der Waals surface area (Å²) >= 11 is 1.51. The van der Waals surface area contributed by atoms with Crippen LogP contribution in [0.15, 0.2) is 52.6 Å². The van der Waals surface area contributed by atoms with Gasteiger partial charge in [-0.15, -0.1) is 16.4 Å². The number of aromatic nitrogens is 3. The quantitative estimate of drug-likeness (QED) is 0.544. The molecule has 0 bridgehead atoms. The normalized spacial score (nSPS) is 11.1. The van der Waals surface area contributed by atoms with Crippen LogP contribution in [0.3, 0.4) is 0 Å². The van der Waals surface area contributed by atoms with Gasteiger partial charge in [0.1, 0.15) is 5.52 Å². The van der Waals surface area contributed by atoms with Crippen LogP contribution >= 0.6 is 11.3 Å². The molecule has 0 aliphatic rings. The van der Waals surface area contributed by atoms with Crippen molar-refractivity contribution in [2.24, 2.45) is 0 Å². The van der Waals surface area contributed by atoms with Crippen molar-refractivity contribution in [3.63, 3.8) is 0 Å². The zero-order chi connectivity index (χ0) is 15.4. The fourth-order valence-corrected chi connectivity index (χ4v) is 2.44. The van der Waals surface area contributed by atoms with Gasteiger partial charge in [0, 0.05) is 11.0 Å². The first kappa shape index (κ1) is 14.2. The van der Waals surface area contributed by atoms with Crippen LogP contribution in [0.2, 0.25) is 0 Å². The number of esters is 1. The number of fused-ring (bicyclic) bond motifs is 1. The molecule has 0 fully saturated rings. The summed E-state index contributed by atoms with van der Waals surface area (Å²) in [5.74, 6) is -0.546. The highest BCUT2D eigenvalue weighted by Gasteiger charge is 2.06. The number of hydrogen-bond donors (Lipinski definition) is 0. The Morgan fingerprint density at radius 3 is 2.95 bits per heavy atom. The van der Waals surface area contributed by atoms with E-state index in [0.29, 0.717) is 10.9 Å². The summed E-state index contributed by atoms with van der Waals surface area (Å²) in [5, 5.41) is 10.0. The number of hydrogen-bond acceptors (Lipinski definition) is 6. The summed E-state index contributed by atoms with van der Waals surface area (Å²) < 4.78 is 6.01. The SMILES string of the molecule is O=C(C=Cc1cccs1)OCn1nnc2ccccc2c1=O. The molecule has 0 spiro atoms. The Balaban J connectivity index is 1.70. The maximum absolute atomic E-state index is 12.1. The summed E-state index contributed by atoms with van der Waals surface area (Å²) in [6.07, 6.45) is 2.97. The average Bonchev–Trinajstić information content (AvgIpc) is 3.06. The Bertz CT molecular complexity index is 884. The van der Waals surface area contributed by atoms with Crippen molar-refractivity contribution in [1.82, 2.24) is 15.0 Å². The average molecular weight is 313 g/mol. The van der Waals surface area contributed by atoms with E-state index in [1.165, 1.54) is 17.4 Å². The maximum Gasteiger partial charge on any atom is 0.332 e. The molecule has 0 unspecified atom stereocenters. The predicted molar refractivity (Wildman–Crippen MR) is 83.2 cm³/mol. The van der Waals surface area contributed by atoms with Gasteiger partial charge in [0.05, 0.1) is 5.39 Å². The van der Waals surface area contributed by atoms with Crippen molar-refractivity contribution in [3.05, 3.63) is 63.1 Å². The van der Waals surface area contributed by atoms with Gasteiger partial charge in [0.15, 0.2) is 6.73 Å². The topological polar surface area (TPSA) is 74.1 Å². The minimum absolute atomic E-state index is 0.274. The highest BCUT2D eigenvalue weighted by molar-refractivity contribution is 7.10. The summed E-state index contributed by atoms with van der Waals surface area (Å²) in [5.41, 5.74) is 0.160. The second-order valence-corrected chi connectivity index (χ2v) is 5.33. The van der Waals surface area contributed by atoms with Gasteiger partial charge in [-0.25, -0.2) is 4.79 Å². The number of nitrogens with zero attached hydrogens (tertiary/aromatic N) is 3. The number of carbonyl (C=O) groups is 1. The van der Waals surface area contributed by atoms with Crippen molar-refractivity contribution in [2.45, 2.75) is 6.73 Å². The Morgan fingerprint density at radius 2 is 2.14 bits per heavy atom. The van der Waals surface area contributed by atoms with Crippen LogP contribution in [-0.4, -0.2) is 21.0 Å². The standard InChI is InChI=1S/C15H11N3O3S/c19-14(8-7-11-4-3-9-22-11)21-10-18-15(20)12-5-1-2-6-13(12)16-17-18/h1-9H,10H2. The van der Waals surface area contributed by atoms with Crippen molar-refractivity contribution in [1.29, 1.82) is 0 Å². The molecule has 0 aliphatic heterocycles. The number of ether oxygens (including phenoxy) is 1. The Hall–Kier alpha value is -2.80. The molecule has 0 saturated heterocycles. The van der Waals surface area contributed by atoms with Gasteiger partial charge in [0.25, 0.3) is 5.56 Å². The first-order chi connectivity index (χ1) is 10.7. The minimum atomic E-state index is -0.546. The van der Waals surface area contributed by atoms with Crippen molar-refractivity contribution in [2.75, 3.05) is 0 Å². The molecule has 0 aliphatic carbocycles. The summed E-state index contributed by atoms with van der Waals surface area (Å²) in [4.78, 5) is 24.7. The highest BCUT2D eigenvalue weighted by atomic mass is 32.1. The molecule has 110 valence electrons. The lowest BCUT2D eigenvalue weighted by Gasteiger charge is -2.04. The molecular weight excluding hydrogens is 302 g/mol. The Labute approximate surface area is 129 Å². The minimum Gasteiger partial charge on any atom is -0.439 e. The molecular formula is C15H11N3O3S. The first-order valence-corrected chi connectivity index (χ1v) is 7.33. The van der Waals surface area contributed by atoms with E-state index < -0.39 is 5.97 Å². The van der Waals surface area contributed by atoms with Crippen LogP contribution < -0.4 is 5.56 Å². The number of thiophene rings is 1. The van der Waals surface area contributed by atoms with Gasteiger partial charge in [-0.05, 0) is 29.7 Å². The van der Waals surface area contributed by atoms with E-state index in [1.54, 1.807) is 30.3 Å². The molecule has 2 heterocycles. The zero-order valence-electron chi connectivity index (χ0n) is 11.4. The van der Waals surface area contributed by atoms with Gasteiger partial charge >= 0.3 is 5.97 Å². The molecule has 7 heteroatoms. The lowest BCUT2D eigenvalue weighted by molar-refractivity contribution is -0.141. The molecule has 0 N–H and O–H groups in total. The van der Waals surface area contributed by atoms with E-state index in [2.05, 4.69) is 10.3 Å². The number of benzene rings is 1. The molecule has 6 nitrogen and oxygen atoms in total. The fourth-order valence-electron chi connectivity index (χ4n) is 1.82. The maximum atomic E-state index is 12.1. The second kappa shape index (κ2) is 6.31. The van der Waals surface area contributed by atoms with E-state index >= 15 is 0 Å². The third kappa shape index (κ3) is 3.09. The molecule has 0 saturated carbocycles. The lowest BCUT2D eigenvalue weighted by Crippen LogP contribution is -2.26. The van der Waals surface area contributed by atoms with E-state index in [-0.39, 0.29) is 12.3 Å². The molecule has 3 rings (SSSR count). The van der Waals surface area contributed by atoms with Gasteiger partial charge < -0.3 is 4.74 Å². The van der Waals surface area contributed by atoms with E-state index in [0.717, 1.165) is 9.56 Å². The third-order valence-corrected chi connectivity index (χ3v) is 3.72. The fraction of sp³-hybridized carbons (Fsp3) is 0.0667. The zero-order valence-corrected chi connectivity index (χ0v) is 12.2. The molecule has 0 amide bonds. The van der Waals surface area contributed by atoms with Crippen LogP contribution in [-0.2, 0) is 16.3 Å². The van der Waals surface area contributed by atoms with Gasteiger partial charge in [0.2, 0.25) is 0 Å². The summed E-state index contributed by atoms with van der Waals surface area (Å²) in [6, 6.07) is 10.6. The Kier molecular flexibility index (Phi) is 4.06. The van der Waals surface area contributed by atoms with Crippen LogP contribution in [0.4, 0.5) is 0 Å². The van der Waals surface area contributed by atoms with Gasteiger partial charge in [-0.2, -0.15) is 4.68 Å². The van der Waals surface area contributed by atoms with Crippen molar-refractivity contribution < 1.29 is 9.53 Å². The van der Waals surface area contributed by atoms with Crippen LogP contribution in [0.25, 0.3) is 17.0 Å². The summed E-state index contributed by atoms with van der Waals surface area (Å²) in [7, 11) is 0. The van der Waals surface area contributed by atoms with E-state index in [9.17, 15) is 9.59 Å². The largest absolute Gasteiger partial charge is 0.439 e. The molecule has 0 atom stereocenters. The van der Waals surface area contributed by atoms with Gasteiger partial charge in [-0.3, -0.25) is 4.79 Å². The monoisotopic (exact) mass is 313 g/mol. The third-order valence-electron chi connectivity index (χ3n) is 2.89. The smallest absolute Gasteiger partial charge is 0.332 e. The van der Waals surface area contributed by atoms with Crippen molar-refractivity contribution in [3.8, 4) is 0 Å². The molecule has 3 aromatic rings. The highest BCUT2D eigenvalue weighted by Crippen LogP contribution is 2.10. The summed E-state index contributed by atoms with van der Waals surface area (Å²) in [6.45, 7) is -0.274. The van der Waals surface area contributed by atoms with Crippen LogP contribution in [0.1, 0.15) is 4.88 Å². The van der Waals surface area contributed by atoms with Crippen molar-refractivity contribution >= 4 is 34.3 Å². The lowest BCUT2D eigenvalue weighted by atomic mass is 10.2. The molecule has 1 aromatic carbocycles. The first-order valence-electron chi connectivity index (χ1n) is 6.45. The number of carbonyl (C=O) groups excluding carboxylic acids is 1. The van der Waals surface area contributed by atoms with Crippen LogP contribution in [0, 0.1) is 0 Å². The predicted octanol–water partition coefficient (Wildman–Crippen LogP) is 2.07. The van der Waals surface area contributed by atoms with Crippen LogP contribution in [0.5, 0.6) is 0 Å².